The fraction of sp³-hybridized carbons (Fsp3) is 0.357. The first-order chi connectivity index (χ1) is 10.0. The molecule has 0 bridgehead atoms. The lowest BCUT2D eigenvalue weighted by atomic mass is 10.0. The zero-order valence-corrected chi connectivity index (χ0v) is 13.9. The van der Waals surface area contributed by atoms with Crippen LogP contribution in [0.25, 0.3) is 0 Å². The largest absolute Gasteiger partial charge is 0.383 e. The SMILES string of the molecule is COCCn1ncc(Br)c1C(N)Cc1cccc(Cl)c1F. The molecule has 2 N–H and O–H groups in total. The van der Waals surface area contributed by atoms with Gasteiger partial charge in [0.15, 0.2) is 0 Å². The van der Waals surface area contributed by atoms with Crippen molar-refractivity contribution >= 4 is 27.5 Å². The number of nitrogens with two attached hydrogens (primary N) is 1. The van der Waals surface area contributed by atoms with E-state index >= 15 is 0 Å². The number of aromatic nitrogens is 2. The van der Waals surface area contributed by atoms with Gasteiger partial charge in [0.2, 0.25) is 0 Å². The summed E-state index contributed by atoms with van der Waals surface area (Å²) in [5.41, 5.74) is 7.52. The molecule has 1 unspecified atom stereocenters. The first kappa shape index (κ1) is 16.4. The first-order valence-corrected chi connectivity index (χ1v) is 7.60. The monoisotopic (exact) mass is 375 g/mol. The molecule has 21 heavy (non-hydrogen) atoms. The molecule has 1 heterocycles. The summed E-state index contributed by atoms with van der Waals surface area (Å²) >= 11 is 9.23. The number of hydrogen-bond acceptors (Lipinski definition) is 3. The molecule has 0 fully saturated rings. The standard InChI is InChI=1S/C14H16BrClFN3O/c1-21-6-5-20-14(10(15)8-19-20)12(18)7-9-3-2-4-11(16)13(9)17/h2-4,8,12H,5-7,18H2,1H3. The number of ether oxygens (including phenoxy) is 1. The van der Waals surface area contributed by atoms with Crippen molar-refractivity contribution in [3.63, 3.8) is 0 Å². The average Bonchev–Trinajstić information content (AvgIpc) is 2.82. The highest BCUT2D eigenvalue weighted by Crippen LogP contribution is 2.27. The topological polar surface area (TPSA) is 53.1 Å². The van der Waals surface area contributed by atoms with Gasteiger partial charge >= 0.3 is 0 Å². The summed E-state index contributed by atoms with van der Waals surface area (Å²) in [5, 5.41) is 4.35. The Morgan fingerprint density at radius 3 is 3.00 bits per heavy atom. The summed E-state index contributed by atoms with van der Waals surface area (Å²) in [4.78, 5) is 0. The third-order valence-corrected chi connectivity index (χ3v) is 4.07. The lowest BCUT2D eigenvalue weighted by molar-refractivity contribution is 0.182. The van der Waals surface area contributed by atoms with E-state index in [1.165, 1.54) is 6.07 Å². The molecule has 114 valence electrons. The van der Waals surface area contributed by atoms with Crippen LogP contribution in [-0.4, -0.2) is 23.5 Å². The quantitative estimate of drug-likeness (QED) is 0.841. The molecule has 1 atom stereocenters. The van der Waals surface area contributed by atoms with E-state index in [4.69, 9.17) is 22.1 Å². The second kappa shape index (κ2) is 7.35. The van der Waals surface area contributed by atoms with Crippen LogP contribution >= 0.6 is 27.5 Å². The van der Waals surface area contributed by atoms with Crippen LogP contribution in [0.3, 0.4) is 0 Å². The van der Waals surface area contributed by atoms with E-state index in [0.717, 1.165) is 10.2 Å². The van der Waals surface area contributed by atoms with Gasteiger partial charge in [0.25, 0.3) is 0 Å². The fourth-order valence-electron chi connectivity index (χ4n) is 2.14. The van der Waals surface area contributed by atoms with Crippen molar-refractivity contribution in [3.8, 4) is 0 Å². The summed E-state index contributed by atoms with van der Waals surface area (Å²) in [6.07, 6.45) is 2.02. The van der Waals surface area contributed by atoms with Gasteiger partial charge in [0.1, 0.15) is 5.82 Å². The Balaban J connectivity index is 2.22. The van der Waals surface area contributed by atoms with Crippen LogP contribution in [0.4, 0.5) is 4.39 Å². The molecule has 0 aliphatic heterocycles. The summed E-state index contributed by atoms with van der Waals surface area (Å²) in [7, 11) is 1.62. The molecule has 0 aliphatic rings. The lowest BCUT2D eigenvalue weighted by Gasteiger charge is -2.16. The lowest BCUT2D eigenvalue weighted by Crippen LogP contribution is -2.21. The highest BCUT2D eigenvalue weighted by molar-refractivity contribution is 9.10. The molecule has 0 spiro atoms. The maximum Gasteiger partial charge on any atom is 0.145 e. The molecule has 7 heteroatoms. The number of rotatable bonds is 6. The van der Waals surface area contributed by atoms with E-state index in [2.05, 4.69) is 21.0 Å². The van der Waals surface area contributed by atoms with E-state index in [0.29, 0.717) is 25.1 Å². The fourth-order valence-corrected chi connectivity index (χ4v) is 2.92. The Labute approximate surface area is 136 Å². The highest BCUT2D eigenvalue weighted by atomic mass is 79.9. The Morgan fingerprint density at radius 2 is 2.29 bits per heavy atom. The third kappa shape index (κ3) is 3.83. The van der Waals surface area contributed by atoms with Gasteiger partial charge in [-0.1, -0.05) is 23.7 Å². The molecule has 0 radical (unpaired) electrons. The molecule has 2 rings (SSSR count). The van der Waals surface area contributed by atoms with Crippen molar-refractivity contribution in [2.75, 3.05) is 13.7 Å². The van der Waals surface area contributed by atoms with Crippen molar-refractivity contribution in [2.24, 2.45) is 5.73 Å². The predicted molar refractivity (Wildman–Crippen MR) is 83.8 cm³/mol. The van der Waals surface area contributed by atoms with Crippen LogP contribution in [0.5, 0.6) is 0 Å². The number of nitrogens with zero attached hydrogens (tertiary/aromatic N) is 2. The van der Waals surface area contributed by atoms with Gasteiger partial charge < -0.3 is 10.5 Å². The smallest absolute Gasteiger partial charge is 0.145 e. The van der Waals surface area contributed by atoms with Gasteiger partial charge in [-0.25, -0.2) is 4.39 Å². The minimum Gasteiger partial charge on any atom is -0.383 e. The molecule has 2 aromatic rings. The third-order valence-electron chi connectivity index (χ3n) is 3.16. The molecular formula is C14H16BrClFN3O. The molecule has 1 aromatic carbocycles. The van der Waals surface area contributed by atoms with Crippen LogP contribution in [0.1, 0.15) is 17.3 Å². The maximum absolute atomic E-state index is 14.0. The zero-order chi connectivity index (χ0) is 15.4. The number of methoxy groups -OCH3 is 1. The maximum atomic E-state index is 14.0. The van der Waals surface area contributed by atoms with Crippen molar-refractivity contribution in [2.45, 2.75) is 19.0 Å². The van der Waals surface area contributed by atoms with Crippen LogP contribution in [-0.2, 0) is 17.7 Å². The highest BCUT2D eigenvalue weighted by Gasteiger charge is 2.19. The Bertz CT molecular complexity index is 620. The van der Waals surface area contributed by atoms with Crippen LogP contribution < -0.4 is 5.73 Å². The van der Waals surface area contributed by atoms with Gasteiger partial charge in [0.05, 0.1) is 40.6 Å². The summed E-state index contributed by atoms with van der Waals surface area (Å²) in [5.74, 6) is -0.423. The Morgan fingerprint density at radius 1 is 1.52 bits per heavy atom. The number of hydrogen-bond donors (Lipinski definition) is 1. The van der Waals surface area contributed by atoms with E-state index in [1.807, 2.05) is 0 Å². The number of halogens is 3. The molecule has 0 saturated heterocycles. The first-order valence-electron chi connectivity index (χ1n) is 6.43. The van der Waals surface area contributed by atoms with Crippen LogP contribution in [0, 0.1) is 5.82 Å². The van der Waals surface area contributed by atoms with E-state index in [9.17, 15) is 4.39 Å². The molecule has 0 saturated carbocycles. The Kier molecular flexibility index (Phi) is 5.75. The molecule has 0 aliphatic carbocycles. The average molecular weight is 377 g/mol. The molecule has 4 nitrogen and oxygen atoms in total. The van der Waals surface area contributed by atoms with Crippen molar-refractivity contribution in [1.29, 1.82) is 0 Å². The van der Waals surface area contributed by atoms with E-state index in [-0.39, 0.29) is 5.02 Å². The van der Waals surface area contributed by atoms with Gasteiger partial charge in [-0.3, -0.25) is 4.68 Å². The van der Waals surface area contributed by atoms with E-state index in [1.54, 1.807) is 30.1 Å². The van der Waals surface area contributed by atoms with Crippen molar-refractivity contribution < 1.29 is 9.13 Å². The van der Waals surface area contributed by atoms with E-state index < -0.39 is 11.9 Å². The van der Waals surface area contributed by atoms with Crippen molar-refractivity contribution in [1.82, 2.24) is 9.78 Å². The van der Waals surface area contributed by atoms with Gasteiger partial charge in [-0.15, -0.1) is 0 Å². The van der Waals surface area contributed by atoms with Gasteiger partial charge in [-0.05, 0) is 34.0 Å². The minimum absolute atomic E-state index is 0.103. The summed E-state index contributed by atoms with van der Waals surface area (Å²) in [6, 6.07) is 4.52. The zero-order valence-electron chi connectivity index (χ0n) is 11.5. The molecular weight excluding hydrogens is 361 g/mol. The van der Waals surface area contributed by atoms with Crippen LogP contribution in [0.2, 0.25) is 5.02 Å². The molecule has 1 aromatic heterocycles. The van der Waals surface area contributed by atoms with Gasteiger partial charge in [0, 0.05) is 7.11 Å². The van der Waals surface area contributed by atoms with Crippen molar-refractivity contribution in [3.05, 3.63) is 51.0 Å². The predicted octanol–water partition coefficient (Wildman–Crippen LogP) is 3.33. The van der Waals surface area contributed by atoms with Gasteiger partial charge in [-0.2, -0.15) is 5.10 Å². The summed E-state index contributed by atoms with van der Waals surface area (Å²) < 4.78 is 21.6. The number of benzene rings is 1. The normalized spacial score (nSPS) is 12.6. The summed E-state index contributed by atoms with van der Waals surface area (Å²) in [6.45, 7) is 1.11. The minimum atomic E-state index is -0.423. The van der Waals surface area contributed by atoms with Crippen LogP contribution in [0.15, 0.2) is 28.9 Å². The Hall–Kier alpha value is -0.950. The second-order valence-corrected chi connectivity index (χ2v) is 5.88. The second-order valence-electron chi connectivity index (χ2n) is 4.62. The molecule has 0 amide bonds.